The van der Waals surface area contributed by atoms with Gasteiger partial charge in [0, 0.05) is 30.7 Å². The fourth-order valence-electron chi connectivity index (χ4n) is 2.12. The molecule has 2 rings (SSSR count). The van der Waals surface area contributed by atoms with E-state index in [1.54, 1.807) is 6.92 Å². The van der Waals surface area contributed by atoms with Crippen LogP contribution in [0.2, 0.25) is 0 Å². The number of hydrogen-bond donors (Lipinski definition) is 2. The molecular weight excluding hydrogens is 332 g/mol. The van der Waals surface area contributed by atoms with E-state index >= 15 is 0 Å². The van der Waals surface area contributed by atoms with Gasteiger partial charge in [-0.05, 0) is 19.1 Å². The molecule has 7 heteroatoms. The topological polar surface area (TPSA) is 44.4 Å². The van der Waals surface area contributed by atoms with Crippen LogP contribution < -0.4 is 10.6 Å². The molecule has 1 atom stereocenters. The average Bonchev–Trinajstić information content (AvgIpc) is 2.42. The fourth-order valence-corrected chi connectivity index (χ4v) is 2.53. The second-order valence-electron chi connectivity index (χ2n) is 4.70. The highest BCUT2D eigenvalue weighted by Crippen LogP contribution is 2.24. The van der Waals surface area contributed by atoms with Gasteiger partial charge in [-0.15, -0.1) is 0 Å². The van der Waals surface area contributed by atoms with Crippen molar-refractivity contribution in [2.45, 2.75) is 13.0 Å². The van der Waals surface area contributed by atoms with Crippen LogP contribution in [-0.4, -0.2) is 43.0 Å². The summed E-state index contributed by atoms with van der Waals surface area (Å²) in [6, 6.07) is 1.81. The Labute approximate surface area is 124 Å². The molecule has 1 aliphatic heterocycles. The smallest absolute Gasteiger partial charge is 0.241 e. The van der Waals surface area contributed by atoms with Crippen LogP contribution in [0.4, 0.5) is 14.5 Å². The van der Waals surface area contributed by atoms with Gasteiger partial charge >= 0.3 is 0 Å². The van der Waals surface area contributed by atoms with E-state index in [-0.39, 0.29) is 0 Å². The van der Waals surface area contributed by atoms with Crippen molar-refractivity contribution in [1.29, 1.82) is 0 Å². The van der Waals surface area contributed by atoms with Crippen LogP contribution in [0.1, 0.15) is 6.92 Å². The summed E-state index contributed by atoms with van der Waals surface area (Å²) in [6.45, 7) is 4.81. The summed E-state index contributed by atoms with van der Waals surface area (Å²) < 4.78 is 27.6. The molecule has 20 heavy (non-hydrogen) atoms. The number of carbonyl (C=O) groups is 1. The van der Waals surface area contributed by atoms with Gasteiger partial charge in [0.05, 0.1) is 6.04 Å². The summed E-state index contributed by atoms with van der Waals surface area (Å²) in [5.74, 6) is -2.00. The maximum absolute atomic E-state index is 13.7. The van der Waals surface area contributed by atoms with Gasteiger partial charge in [-0.3, -0.25) is 9.69 Å². The number of piperazine rings is 1. The largest absolute Gasteiger partial charge is 0.320 e. The number of benzene rings is 1. The van der Waals surface area contributed by atoms with Crippen molar-refractivity contribution < 1.29 is 13.6 Å². The number of carbonyl (C=O) groups excluding carboxylic acids is 1. The van der Waals surface area contributed by atoms with Crippen molar-refractivity contribution in [2.75, 3.05) is 31.5 Å². The van der Waals surface area contributed by atoms with Gasteiger partial charge in [0.1, 0.15) is 5.69 Å². The standard InChI is InChI=1S/C13H16BrF2N3O/c1-8(19-4-2-17-3-5-19)13(20)18-12-10(15)6-9(14)7-11(12)16/h6-8,17H,2-5H2,1H3,(H,18,20). The number of halogens is 3. The van der Waals surface area contributed by atoms with Crippen LogP contribution in [0.5, 0.6) is 0 Å². The van der Waals surface area contributed by atoms with Gasteiger partial charge in [-0.25, -0.2) is 8.78 Å². The average molecular weight is 348 g/mol. The summed E-state index contributed by atoms with van der Waals surface area (Å²) in [6.07, 6.45) is 0. The van der Waals surface area contributed by atoms with Crippen molar-refractivity contribution in [3.63, 3.8) is 0 Å². The SMILES string of the molecule is CC(C(=O)Nc1c(F)cc(Br)cc1F)N1CCNCC1. The molecule has 1 aromatic carbocycles. The monoisotopic (exact) mass is 347 g/mol. The highest BCUT2D eigenvalue weighted by molar-refractivity contribution is 9.10. The molecule has 1 aliphatic rings. The Morgan fingerprint density at radius 1 is 1.35 bits per heavy atom. The van der Waals surface area contributed by atoms with Gasteiger partial charge in [0.25, 0.3) is 0 Å². The van der Waals surface area contributed by atoms with Crippen molar-refractivity contribution in [2.24, 2.45) is 0 Å². The predicted octanol–water partition coefficient (Wildman–Crippen LogP) is 1.96. The number of rotatable bonds is 3. The van der Waals surface area contributed by atoms with Crippen LogP contribution in [0, 0.1) is 11.6 Å². The Bertz CT molecular complexity index is 483. The molecule has 1 amide bonds. The molecule has 1 fully saturated rings. The summed E-state index contributed by atoms with van der Waals surface area (Å²) >= 11 is 3.00. The van der Waals surface area contributed by atoms with Crippen molar-refractivity contribution in [1.82, 2.24) is 10.2 Å². The molecule has 0 saturated carbocycles. The van der Waals surface area contributed by atoms with Crippen LogP contribution in [0.3, 0.4) is 0 Å². The summed E-state index contributed by atoms with van der Waals surface area (Å²) in [4.78, 5) is 14.1. The Morgan fingerprint density at radius 3 is 2.45 bits per heavy atom. The maximum Gasteiger partial charge on any atom is 0.241 e. The Morgan fingerprint density at radius 2 is 1.90 bits per heavy atom. The lowest BCUT2D eigenvalue weighted by Crippen LogP contribution is -2.51. The molecule has 1 saturated heterocycles. The summed E-state index contributed by atoms with van der Waals surface area (Å²) in [7, 11) is 0. The molecule has 0 bridgehead atoms. The summed E-state index contributed by atoms with van der Waals surface area (Å²) in [5.41, 5.74) is -0.403. The first-order chi connectivity index (χ1) is 9.49. The maximum atomic E-state index is 13.7. The molecule has 2 N–H and O–H groups in total. The van der Waals surface area contributed by atoms with Gasteiger partial charge in [0.2, 0.25) is 5.91 Å². The van der Waals surface area contributed by atoms with E-state index in [1.807, 2.05) is 4.90 Å². The number of nitrogens with one attached hydrogen (secondary N) is 2. The molecule has 1 unspecified atom stereocenters. The second kappa shape index (κ2) is 6.60. The Kier molecular flexibility index (Phi) is 5.06. The van der Waals surface area contributed by atoms with E-state index in [0.29, 0.717) is 4.47 Å². The van der Waals surface area contributed by atoms with Crippen LogP contribution in [0.15, 0.2) is 16.6 Å². The molecule has 110 valence electrons. The van der Waals surface area contributed by atoms with Crippen LogP contribution in [-0.2, 0) is 4.79 Å². The second-order valence-corrected chi connectivity index (χ2v) is 5.61. The van der Waals surface area contributed by atoms with E-state index in [1.165, 1.54) is 0 Å². The minimum atomic E-state index is -0.794. The van der Waals surface area contributed by atoms with Crippen LogP contribution in [0.25, 0.3) is 0 Å². The molecule has 0 radical (unpaired) electrons. The zero-order valence-corrected chi connectivity index (χ0v) is 12.6. The van der Waals surface area contributed by atoms with Gasteiger partial charge in [-0.2, -0.15) is 0 Å². The Balaban J connectivity index is 2.07. The van der Waals surface area contributed by atoms with Crippen molar-refractivity contribution in [3.8, 4) is 0 Å². The van der Waals surface area contributed by atoms with Gasteiger partial charge < -0.3 is 10.6 Å². The Hall–Kier alpha value is -1.05. The highest BCUT2D eigenvalue weighted by atomic mass is 79.9. The van der Waals surface area contributed by atoms with E-state index in [2.05, 4.69) is 26.6 Å². The zero-order chi connectivity index (χ0) is 14.7. The van der Waals surface area contributed by atoms with Crippen LogP contribution >= 0.6 is 15.9 Å². The molecule has 4 nitrogen and oxygen atoms in total. The number of nitrogens with zero attached hydrogens (tertiary/aromatic N) is 1. The van der Waals surface area contributed by atoms with Gasteiger partial charge in [-0.1, -0.05) is 15.9 Å². The van der Waals surface area contributed by atoms with Gasteiger partial charge in [0.15, 0.2) is 11.6 Å². The molecule has 1 aromatic rings. The predicted molar refractivity (Wildman–Crippen MR) is 76.6 cm³/mol. The lowest BCUT2D eigenvalue weighted by atomic mass is 10.2. The van der Waals surface area contributed by atoms with Crippen molar-refractivity contribution >= 4 is 27.5 Å². The van der Waals surface area contributed by atoms with E-state index in [9.17, 15) is 13.6 Å². The van der Waals surface area contributed by atoms with E-state index < -0.39 is 29.3 Å². The third-order valence-corrected chi connectivity index (χ3v) is 3.79. The highest BCUT2D eigenvalue weighted by Gasteiger charge is 2.24. The summed E-state index contributed by atoms with van der Waals surface area (Å²) in [5, 5.41) is 5.52. The number of amides is 1. The number of anilines is 1. The van der Waals surface area contributed by atoms with E-state index in [4.69, 9.17) is 0 Å². The molecule has 0 spiro atoms. The fraction of sp³-hybridized carbons (Fsp3) is 0.462. The first-order valence-corrected chi connectivity index (χ1v) is 7.18. The third kappa shape index (κ3) is 3.53. The molecule has 1 heterocycles. The lowest BCUT2D eigenvalue weighted by Gasteiger charge is -2.31. The van der Waals surface area contributed by atoms with E-state index in [0.717, 1.165) is 38.3 Å². The normalized spacial score (nSPS) is 17.8. The first kappa shape index (κ1) is 15.3. The first-order valence-electron chi connectivity index (χ1n) is 6.39. The zero-order valence-electron chi connectivity index (χ0n) is 11.0. The minimum absolute atomic E-state index is 0.292. The quantitative estimate of drug-likeness (QED) is 0.878. The minimum Gasteiger partial charge on any atom is -0.320 e. The lowest BCUT2D eigenvalue weighted by molar-refractivity contribution is -0.121. The third-order valence-electron chi connectivity index (χ3n) is 3.33. The molecule has 0 aromatic heterocycles. The van der Waals surface area contributed by atoms with Crippen molar-refractivity contribution in [3.05, 3.63) is 28.2 Å². The number of hydrogen-bond acceptors (Lipinski definition) is 3. The molecular formula is C13H16BrF2N3O. The molecule has 0 aliphatic carbocycles.